The van der Waals surface area contributed by atoms with Crippen LogP contribution in [0.4, 0.5) is 11.6 Å². The molecule has 0 saturated carbocycles. The molecule has 7 nitrogen and oxygen atoms in total. The number of amides is 1. The number of hydrogen-bond acceptors (Lipinski definition) is 6. The highest BCUT2D eigenvalue weighted by molar-refractivity contribution is 5.94. The highest BCUT2D eigenvalue weighted by Gasteiger charge is 2.34. The van der Waals surface area contributed by atoms with Crippen LogP contribution in [0, 0.1) is 6.92 Å². The van der Waals surface area contributed by atoms with E-state index in [-0.39, 0.29) is 11.9 Å². The summed E-state index contributed by atoms with van der Waals surface area (Å²) in [7, 11) is 0. The van der Waals surface area contributed by atoms with E-state index < -0.39 is 0 Å². The van der Waals surface area contributed by atoms with Gasteiger partial charge in [0.1, 0.15) is 11.6 Å². The van der Waals surface area contributed by atoms with Crippen molar-refractivity contribution in [3.05, 3.63) is 76.9 Å². The summed E-state index contributed by atoms with van der Waals surface area (Å²) < 4.78 is 0. The second-order valence-electron chi connectivity index (χ2n) is 8.92. The van der Waals surface area contributed by atoms with Crippen LogP contribution in [-0.4, -0.2) is 45.4 Å². The van der Waals surface area contributed by atoms with Crippen LogP contribution in [0.25, 0.3) is 0 Å². The number of hydrogen-bond donors (Lipinski definition) is 1. The van der Waals surface area contributed by atoms with Gasteiger partial charge in [0, 0.05) is 37.1 Å². The molecule has 2 aliphatic rings. The van der Waals surface area contributed by atoms with Gasteiger partial charge in [0.05, 0.1) is 11.6 Å². The summed E-state index contributed by atoms with van der Waals surface area (Å²) in [6.07, 6.45) is 6.47. The molecular formula is C26H30N6O. The molecule has 1 amide bonds. The van der Waals surface area contributed by atoms with Gasteiger partial charge in [-0.1, -0.05) is 30.3 Å². The number of nitrogens with two attached hydrogens (primary N) is 1. The van der Waals surface area contributed by atoms with E-state index in [4.69, 9.17) is 15.7 Å². The lowest BCUT2D eigenvalue weighted by Crippen LogP contribution is -2.35. The molecule has 3 aromatic rings. The summed E-state index contributed by atoms with van der Waals surface area (Å²) in [6.45, 7) is 4.71. The van der Waals surface area contributed by atoms with E-state index >= 15 is 0 Å². The molecule has 0 aliphatic carbocycles. The summed E-state index contributed by atoms with van der Waals surface area (Å²) in [6, 6.07) is 13.9. The van der Waals surface area contributed by atoms with Gasteiger partial charge in [0.15, 0.2) is 5.82 Å². The van der Waals surface area contributed by atoms with Crippen molar-refractivity contribution < 1.29 is 4.79 Å². The van der Waals surface area contributed by atoms with Crippen LogP contribution in [-0.2, 0) is 12.8 Å². The zero-order valence-electron chi connectivity index (χ0n) is 19.1. The third-order valence-electron chi connectivity index (χ3n) is 6.72. The minimum absolute atomic E-state index is 0.0371. The summed E-state index contributed by atoms with van der Waals surface area (Å²) in [5, 5.41) is 0. The van der Waals surface area contributed by atoms with Gasteiger partial charge < -0.3 is 15.5 Å². The van der Waals surface area contributed by atoms with Gasteiger partial charge in [0.2, 0.25) is 0 Å². The zero-order valence-corrected chi connectivity index (χ0v) is 19.1. The number of carbonyl (C=O) groups excluding carboxylic acids is 1. The number of anilines is 2. The fourth-order valence-corrected chi connectivity index (χ4v) is 4.96. The van der Waals surface area contributed by atoms with Crippen LogP contribution < -0.4 is 10.6 Å². The van der Waals surface area contributed by atoms with Gasteiger partial charge in [-0.2, -0.15) is 0 Å². The van der Waals surface area contributed by atoms with Crippen molar-refractivity contribution in [3.8, 4) is 0 Å². The van der Waals surface area contributed by atoms with E-state index in [0.717, 1.165) is 62.5 Å². The van der Waals surface area contributed by atoms with E-state index in [1.54, 1.807) is 18.3 Å². The van der Waals surface area contributed by atoms with Crippen LogP contribution >= 0.6 is 0 Å². The maximum absolute atomic E-state index is 13.2. The van der Waals surface area contributed by atoms with Gasteiger partial charge in [-0.05, 0) is 56.7 Å². The Morgan fingerprint density at radius 1 is 1.09 bits per heavy atom. The van der Waals surface area contributed by atoms with Gasteiger partial charge in [-0.3, -0.25) is 4.79 Å². The smallest absolute Gasteiger partial charge is 0.256 e. The SMILES string of the molecule is Cc1nc(C2CCCN2C(=O)c2ccc(N)nc2)nc2c1CCCN2CCc1ccccc1. The fourth-order valence-electron chi connectivity index (χ4n) is 4.96. The molecule has 1 unspecified atom stereocenters. The third-order valence-corrected chi connectivity index (χ3v) is 6.72. The van der Waals surface area contributed by atoms with Crippen molar-refractivity contribution in [2.75, 3.05) is 30.3 Å². The zero-order chi connectivity index (χ0) is 22.8. The molecule has 1 saturated heterocycles. The Balaban J connectivity index is 1.41. The molecule has 7 heteroatoms. The van der Waals surface area contributed by atoms with Gasteiger partial charge in [-0.15, -0.1) is 0 Å². The maximum atomic E-state index is 13.2. The molecule has 4 heterocycles. The average Bonchev–Trinajstić information content (AvgIpc) is 3.33. The van der Waals surface area contributed by atoms with Crippen LogP contribution in [0.15, 0.2) is 48.7 Å². The van der Waals surface area contributed by atoms with Crippen molar-refractivity contribution >= 4 is 17.5 Å². The molecule has 1 fully saturated rings. The largest absolute Gasteiger partial charge is 0.384 e. The number of aryl methyl sites for hydroxylation is 1. The Morgan fingerprint density at radius 3 is 2.73 bits per heavy atom. The van der Waals surface area contributed by atoms with E-state index in [0.29, 0.717) is 17.9 Å². The summed E-state index contributed by atoms with van der Waals surface area (Å²) in [5.41, 5.74) is 9.86. The van der Waals surface area contributed by atoms with Crippen LogP contribution in [0.3, 0.4) is 0 Å². The van der Waals surface area contributed by atoms with Crippen molar-refractivity contribution in [2.45, 2.75) is 45.1 Å². The second-order valence-corrected chi connectivity index (χ2v) is 8.92. The maximum Gasteiger partial charge on any atom is 0.256 e. The molecule has 170 valence electrons. The number of carbonyl (C=O) groups is 1. The molecule has 1 atom stereocenters. The molecule has 2 aliphatic heterocycles. The highest BCUT2D eigenvalue weighted by atomic mass is 16.2. The number of aromatic nitrogens is 3. The van der Waals surface area contributed by atoms with E-state index in [1.165, 1.54) is 11.1 Å². The Hall–Kier alpha value is -3.48. The predicted molar refractivity (Wildman–Crippen MR) is 129 cm³/mol. The number of likely N-dealkylation sites (tertiary alicyclic amines) is 1. The Bertz CT molecular complexity index is 1130. The first kappa shape index (κ1) is 21.4. The number of rotatable bonds is 5. The quantitative estimate of drug-likeness (QED) is 0.648. The monoisotopic (exact) mass is 442 g/mol. The molecule has 33 heavy (non-hydrogen) atoms. The molecular weight excluding hydrogens is 412 g/mol. The predicted octanol–water partition coefficient (Wildman–Crippen LogP) is 3.73. The Labute approximate surface area is 194 Å². The fraction of sp³-hybridized carbons (Fsp3) is 0.385. The molecule has 1 aromatic carbocycles. The van der Waals surface area contributed by atoms with Crippen molar-refractivity contribution in [1.29, 1.82) is 0 Å². The van der Waals surface area contributed by atoms with Crippen molar-refractivity contribution in [3.63, 3.8) is 0 Å². The minimum atomic E-state index is -0.114. The number of pyridine rings is 1. The molecule has 5 rings (SSSR count). The summed E-state index contributed by atoms with van der Waals surface area (Å²) in [5.74, 6) is 2.18. The van der Waals surface area contributed by atoms with Crippen LogP contribution in [0.1, 0.15) is 58.3 Å². The molecule has 2 N–H and O–H groups in total. The number of benzene rings is 1. The summed E-state index contributed by atoms with van der Waals surface area (Å²) >= 11 is 0. The number of fused-ring (bicyclic) bond motifs is 1. The molecule has 0 spiro atoms. The van der Waals surface area contributed by atoms with E-state index in [9.17, 15) is 4.79 Å². The van der Waals surface area contributed by atoms with Crippen molar-refractivity contribution in [1.82, 2.24) is 19.9 Å². The molecule has 0 radical (unpaired) electrons. The number of nitrogen functional groups attached to an aromatic ring is 1. The topological polar surface area (TPSA) is 88.2 Å². The first-order chi connectivity index (χ1) is 16.1. The molecule has 0 bridgehead atoms. The van der Waals surface area contributed by atoms with Gasteiger partial charge >= 0.3 is 0 Å². The lowest BCUT2D eigenvalue weighted by Gasteiger charge is -2.32. The van der Waals surface area contributed by atoms with Gasteiger partial charge in [-0.25, -0.2) is 15.0 Å². The van der Waals surface area contributed by atoms with Crippen LogP contribution in [0.2, 0.25) is 0 Å². The highest BCUT2D eigenvalue weighted by Crippen LogP contribution is 2.35. The number of nitrogens with zero attached hydrogens (tertiary/aromatic N) is 5. The first-order valence-electron chi connectivity index (χ1n) is 11.8. The van der Waals surface area contributed by atoms with Crippen molar-refractivity contribution in [2.24, 2.45) is 0 Å². The van der Waals surface area contributed by atoms with Gasteiger partial charge in [0.25, 0.3) is 5.91 Å². The molecule has 2 aromatic heterocycles. The van der Waals surface area contributed by atoms with Crippen LogP contribution in [0.5, 0.6) is 0 Å². The summed E-state index contributed by atoms with van der Waals surface area (Å²) in [4.78, 5) is 31.6. The third kappa shape index (κ3) is 4.40. The lowest BCUT2D eigenvalue weighted by atomic mass is 10.0. The second kappa shape index (κ2) is 9.17. The first-order valence-corrected chi connectivity index (χ1v) is 11.8. The Morgan fingerprint density at radius 2 is 1.94 bits per heavy atom. The average molecular weight is 443 g/mol. The van der Waals surface area contributed by atoms with E-state index in [1.807, 2.05) is 4.90 Å². The van der Waals surface area contributed by atoms with E-state index in [2.05, 4.69) is 47.1 Å². The minimum Gasteiger partial charge on any atom is -0.384 e. The Kier molecular flexibility index (Phi) is 5.94. The standard InChI is InChI=1S/C26H30N6O/c1-18-21-9-5-14-31(16-13-19-7-3-2-4-8-19)25(21)30-24(29-18)22-10-6-15-32(22)26(33)20-11-12-23(27)28-17-20/h2-4,7-8,11-12,17,22H,5-6,9-10,13-16H2,1H3,(H2,27,28). The normalized spacial score (nSPS) is 17.8. The lowest BCUT2D eigenvalue weighted by molar-refractivity contribution is 0.0729.